The van der Waals surface area contributed by atoms with Crippen molar-refractivity contribution in [2.75, 3.05) is 25.0 Å². The van der Waals surface area contributed by atoms with Crippen LogP contribution in [0, 0.1) is 5.92 Å². The van der Waals surface area contributed by atoms with E-state index in [0.29, 0.717) is 6.54 Å². The molecule has 1 aliphatic rings. The zero-order valence-corrected chi connectivity index (χ0v) is 15.3. The number of carbonyl (C=O) groups is 1. The largest absolute Gasteiger partial charge is 0.324 e. The summed E-state index contributed by atoms with van der Waals surface area (Å²) in [6, 6.07) is 18.4. The second-order valence-electron chi connectivity index (χ2n) is 6.44. The van der Waals surface area contributed by atoms with Crippen LogP contribution in [-0.2, 0) is 11.2 Å². The lowest BCUT2D eigenvalue weighted by molar-refractivity contribution is -0.117. The molecule has 3 nitrogen and oxygen atoms in total. The molecule has 1 amide bonds. The van der Waals surface area contributed by atoms with Crippen LogP contribution in [0.15, 0.2) is 59.1 Å². The highest BCUT2D eigenvalue weighted by Gasteiger charge is 2.21. The lowest BCUT2D eigenvalue weighted by Crippen LogP contribution is -2.39. The second-order valence-corrected chi connectivity index (χ2v) is 7.29. The average Bonchev–Trinajstić information content (AvgIpc) is 2.60. The number of rotatable bonds is 5. The Morgan fingerprint density at radius 2 is 1.71 bits per heavy atom. The molecule has 1 heterocycles. The van der Waals surface area contributed by atoms with Crippen molar-refractivity contribution in [3.8, 4) is 0 Å². The monoisotopic (exact) mass is 386 g/mol. The van der Waals surface area contributed by atoms with Crippen molar-refractivity contribution in [1.29, 1.82) is 0 Å². The zero-order chi connectivity index (χ0) is 16.8. The SMILES string of the molecule is O=C(CN1CCC(Cc2ccccc2)CC1)Nc1ccccc1Br. The number of piperidine rings is 1. The van der Waals surface area contributed by atoms with Crippen LogP contribution >= 0.6 is 15.9 Å². The van der Waals surface area contributed by atoms with Crippen LogP contribution in [-0.4, -0.2) is 30.4 Å². The smallest absolute Gasteiger partial charge is 0.238 e. The van der Waals surface area contributed by atoms with E-state index in [1.807, 2.05) is 24.3 Å². The van der Waals surface area contributed by atoms with Crippen molar-refractivity contribution in [3.63, 3.8) is 0 Å². The van der Waals surface area contributed by atoms with E-state index in [1.54, 1.807) is 0 Å². The van der Waals surface area contributed by atoms with Gasteiger partial charge in [-0.25, -0.2) is 0 Å². The number of benzene rings is 2. The summed E-state index contributed by atoms with van der Waals surface area (Å²) in [7, 11) is 0. The summed E-state index contributed by atoms with van der Waals surface area (Å²) in [6.07, 6.45) is 3.48. The number of para-hydroxylation sites is 1. The fraction of sp³-hybridized carbons (Fsp3) is 0.350. The number of carbonyl (C=O) groups excluding carboxylic acids is 1. The van der Waals surface area contributed by atoms with Crippen LogP contribution in [0.4, 0.5) is 5.69 Å². The Morgan fingerprint density at radius 1 is 1.04 bits per heavy atom. The van der Waals surface area contributed by atoms with Gasteiger partial charge in [-0.3, -0.25) is 9.69 Å². The molecule has 1 fully saturated rings. The second kappa shape index (κ2) is 8.45. The zero-order valence-electron chi connectivity index (χ0n) is 13.7. The number of hydrogen-bond acceptors (Lipinski definition) is 2. The van der Waals surface area contributed by atoms with Gasteiger partial charge in [-0.05, 0) is 71.9 Å². The standard InChI is InChI=1S/C20H23BrN2O/c21-18-8-4-5-9-19(18)22-20(24)15-23-12-10-17(11-13-23)14-16-6-2-1-3-7-16/h1-9,17H,10-15H2,(H,22,24). The summed E-state index contributed by atoms with van der Waals surface area (Å²) in [6.45, 7) is 2.47. The van der Waals surface area contributed by atoms with Gasteiger partial charge in [-0.15, -0.1) is 0 Å². The quantitative estimate of drug-likeness (QED) is 0.828. The molecular weight excluding hydrogens is 364 g/mol. The van der Waals surface area contributed by atoms with Crippen LogP contribution in [0.1, 0.15) is 18.4 Å². The summed E-state index contributed by atoms with van der Waals surface area (Å²) in [4.78, 5) is 14.5. The molecule has 2 aromatic carbocycles. The number of amides is 1. The first-order valence-corrected chi connectivity index (χ1v) is 9.30. The van der Waals surface area contributed by atoms with Gasteiger partial charge in [0.2, 0.25) is 5.91 Å². The molecule has 0 aliphatic carbocycles. The van der Waals surface area contributed by atoms with Gasteiger partial charge in [0.1, 0.15) is 0 Å². The van der Waals surface area contributed by atoms with Gasteiger partial charge < -0.3 is 5.32 Å². The molecule has 0 atom stereocenters. The fourth-order valence-electron chi connectivity index (χ4n) is 3.25. The predicted octanol–water partition coefficient (Wildman–Crippen LogP) is 4.34. The first-order chi connectivity index (χ1) is 11.7. The Labute approximate surface area is 152 Å². The molecule has 1 N–H and O–H groups in total. The van der Waals surface area contributed by atoms with Crippen molar-refractivity contribution in [2.24, 2.45) is 5.92 Å². The van der Waals surface area contributed by atoms with Crippen molar-refractivity contribution in [3.05, 3.63) is 64.6 Å². The maximum absolute atomic E-state index is 12.2. The molecule has 24 heavy (non-hydrogen) atoms. The summed E-state index contributed by atoms with van der Waals surface area (Å²) in [5, 5.41) is 2.98. The maximum Gasteiger partial charge on any atom is 0.238 e. The molecule has 0 radical (unpaired) electrons. The summed E-state index contributed by atoms with van der Waals surface area (Å²) >= 11 is 3.46. The van der Waals surface area contributed by atoms with E-state index in [2.05, 4.69) is 56.5 Å². The third-order valence-electron chi connectivity index (χ3n) is 4.59. The van der Waals surface area contributed by atoms with Crippen LogP contribution in [0.5, 0.6) is 0 Å². The molecule has 1 aliphatic heterocycles. The van der Waals surface area contributed by atoms with Crippen molar-refractivity contribution < 1.29 is 4.79 Å². The summed E-state index contributed by atoms with van der Waals surface area (Å²) in [5.41, 5.74) is 2.25. The van der Waals surface area contributed by atoms with E-state index in [9.17, 15) is 4.79 Å². The fourth-order valence-corrected chi connectivity index (χ4v) is 3.64. The van der Waals surface area contributed by atoms with E-state index in [1.165, 1.54) is 5.56 Å². The van der Waals surface area contributed by atoms with Crippen molar-refractivity contribution in [2.45, 2.75) is 19.3 Å². The average molecular weight is 387 g/mol. The van der Waals surface area contributed by atoms with E-state index < -0.39 is 0 Å². The first-order valence-electron chi connectivity index (χ1n) is 8.51. The Kier molecular flexibility index (Phi) is 6.05. The van der Waals surface area contributed by atoms with E-state index in [-0.39, 0.29) is 5.91 Å². The molecule has 0 spiro atoms. The summed E-state index contributed by atoms with van der Waals surface area (Å²) < 4.78 is 0.917. The normalized spacial score (nSPS) is 16.0. The van der Waals surface area contributed by atoms with Gasteiger partial charge in [-0.2, -0.15) is 0 Å². The predicted molar refractivity (Wildman–Crippen MR) is 102 cm³/mol. The number of hydrogen-bond donors (Lipinski definition) is 1. The number of anilines is 1. The van der Waals surface area contributed by atoms with Crippen LogP contribution in [0.2, 0.25) is 0 Å². The Bertz CT molecular complexity index is 666. The molecule has 0 unspecified atom stereocenters. The minimum atomic E-state index is 0.0587. The van der Waals surface area contributed by atoms with Gasteiger partial charge in [0.25, 0.3) is 0 Å². The number of nitrogens with zero attached hydrogens (tertiary/aromatic N) is 1. The highest BCUT2D eigenvalue weighted by Crippen LogP contribution is 2.23. The number of halogens is 1. The van der Waals surface area contributed by atoms with Gasteiger partial charge in [0.15, 0.2) is 0 Å². The van der Waals surface area contributed by atoms with Gasteiger partial charge in [-0.1, -0.05) is 42.5 Å². The minimum Gasteiger partial charge on any atom is -0.324 e. The molecule has 1 saturated heterocycles. The lowest BCUT2D eigenvalue weighted by Gasteiger charge is -2.31. The third kappa shape index (κ3) is 4.92. The van der Waals surface area contributed by atoms with Gasteiger partial charge >= 0.3 is 0 Å². The van der Waals surface area contributed by atoms with Gasteiger partial charge in [0.05, 0.1) is 12.2 Å². The molecular formula is C20H23BrN2O. The third-order valence-corrected chi connectivity index (χ3v) is 5.28. The highest BCUT2D eigenvalue weighted by atomic mass is 79.9. The van der Waals surface area contributed by atoms with E-state index >= 15 is 0 Å². The molecule has 0 saturated carbocycles. The Hall–Kier alpha value is -1.65. The Morgan fingerprint density at radius 3 is 2.42 bits per heavy atom. The molecule has 3 rings (SSSR count). The van der Waals surface area contributed by atoms with Crippen LogP contribution < -0.4 is 5.32 Å². The van der Waals surface area contributed by atoms with Crippen molar-refractivity contribution in [1.82, 2.24) is 4.90 Å². The Balaban J connectivity index is 1.43. The summed E-state index contributed by atoms with van der Waals surface area (Å²) in [5.74, 6) is 0.790. The van der Waals surface area contributed by atoms with E-state index in [0.717, 1.165) is 48.4 Å². The highest BCUT2D eigenvalue weighted by molar-refractivity contribution is 9.10. The topological polar surface area (TPSA) is 32.3 Å². The van der Waals surface area contributed by atoms with Crippen LogP contribution in [0.25, 0.3) is 0 Å². The van der Waals surface area contributed by atoms with E-state index in [4.69, 9.17) is 0 Å². The first kappa shape index (κ1) is 17.2. The van der Waals surface area contributed by atoms with Gasteiger partial charge in [0, 0.05) is 4.47 Å². The van der Waals surface area contributed by atoms with Crippen LogP contribution in [0.3, 0.4) is 0 Å². The molecule has 2 aromatic rings. The number of likely N-dealkylation sites (tertiary alicyclic amines) is 1. The molecule has 0 aromatic heterocycles. The number of nitrogens with one attached hydrogen (secondary N) is 1. The molecule has 0 bridgehead atoms. The maximum atomic E-state index is 12.2. The molecule has 126 valence electrons. The molecule has 4 heteroatoms. The minimum absolute atomic E-state index is 0.0587. The lowest BCUT2D eigenvalue weighted by atomic mass is 9.90. The van der Waals surface area contributed by atoms with Crippen molar-refractivity contribution >= 4 is 27.5 Å².